The van der Waals surface area contributed by atoms with E-state index in [1.165, 1.54) is 0 Å². The van der Waals surface area contributed by atoms with Crippen molar-refractivity contribution in [2.45, 2.75) is 6.54 Å². The average Bonchev–Trinajstić information content (AvgIpc) is 2.46. The highest BCUT2D eigenvalue weighted by Crippen LogP contribution is 1.96. The van der Waals surface area contributed by atoms with E-state index in [9.17, 15) is 8.42 Å². The van der Waals surface area contributed by atoms with Crippen molar-refractivity contribution < 1.29 is 8.42 Å². The number of nitrogens with zero attached hydrogens (tertiary/aromatic N) is 3. The Labute approximate surface area is 113 Å². The standard InChI is InChI=1S/C11H19N5O2S/c17-19(18,9-8-16-6-4-12-5-7-16)14-10-11-2-1-3-13-15-11/h1-3,12,14H,4-10H2. The lowest BCUT2D eigenvalue weighted by molar-refractivity contribution is 0.253. The van der Waals surface area contributed by atoms with Crippen LogP contribution in [0, 0.1) is 0 Å². The molecular weight excluding hydrogens is 266 g/mol. The Balaban J connectivity index is 1.75. The number of hydrogen-bond acceptors (Lipinski definition) is 6. The quantitative estimate of drug-likeness (QED) is 0.683. The molecule has 2 N–H and O–H groups in total. The molecule has 1 aromatic heterocycles. The van der Waals surface area contributed by atoms with Gasteiger partial charge in [0.15, 0.2) is 0 Å². The van der Waals surface area contributed by atoms with Crippen molar-refractivity contribution in [2.24, 2.45) is 0 Å². The molecular formula is C11H19N5O2S. The van der Waals surface area contributed by atoms with Gasteiger partial charge in [-0.15, -0.1) is 0 Å². The minimum absolute atomic E-state index is 0.118. The summed E-state index contributed by atoms with van der Waals surface area (Å²) < 4.78 is 26.2. The molecule has 19 heavy (non-hydrogen) atoms. The summed E-state index contributed by atoms with van der Waals surface area (Å²) in [4.78, 5) is 2.15. The summed E-state index contributed by atoms with van der Waals surface area (Å²) in [6.07, 6.45) is 1.56. The molecule has 0 aliphatic carbocycles. The van der Waals surface area contributed by atoms with Gasteiger partial charge in [0.2, 0.25) is 10.0 Å². The van der Waals surface area contributed by atoms with E-state index in [1.807, 2.05) is 0 Å². The van der Waals surface area contributed by atoms with Gasteiger partial charge in [0.1, 0.15) is 0 Å². The molecule has 0 unspecified atom stereocenters. The van der Waals surface area contributed by atoms with Crippen LogP contribution >= 0.6 is 0 Å². The molecule has 8 heteroatoms. The third kappa shape index (κ3) is 5.19. The first kappa shape index (κ1) is 14.3. The predicted octanol–water partition coefficient (Wildman–Crippen LogP) is -1.20. The minimum Gasteiger partial charge on any atom is -0.314 e. The molecule has 0 amide bonds. The lowest BCUT2D eigenvalue weighted by Gasteiger charge is -2.26. The Morgan fingerprint density at radius 1 is 1.37 bits per heavy atom. The molecule has 106 valence electrons. The number of rotatable bonds is 6. The third-order valence-corrected chi connectivity index (χ3v) is 4.29. The number of piperazine rings is 1. The summed E-state index contributed by atoms with van der Waals surface area (Å²) in [5.41, 5.74) is 0.619. The first-order valence-electron chi connectivity index (χ1n) is 6.33. The Hall–Kier alpha value is -1.09. The first-order valence-corrected chi connectivity index (χ1v) is 7.98. The fourth-order valence-electron chi connectivity index (χ4n) is 1.87. The van der Waals surface area contributed by atoms with Crippen LogP contribution in [0.1, 0.15) is 5.69 Å². The van der Waals surface area contributed by atoms with Crippen molar-refractivity contribution in [3.63, 3.8) is 0 Å². The fraction of sp³-hybridized carbons (Fsp3) is 0.636. The highest BCUT2D eigenvalue weighted by Gasteiger charge is 2.15. The highest BCUT2D eigenvalue weighted by molar-refractivity contribution is 7.89. The van der Waals surface area contributed by atoms with Crippen LogP contribution in [0.25, 0.3) is 0 Å². The SMILES string of the molecule is O=S(=O)(CCN1CCNCC1)NCc1cccnn1. The Kier molecular flexibility index (Phi) is 5.20. The van der Waals surface area contributed by atoms with E-state index in [0.717, 1.165) is 26.2 Å². The van der Waals surface area contributed by atoms with Gasteiger partial charge in [-0.2, -0.15) is 10.2 Å². The maximum Gasteiger partial charge on any atom is 0.213 e. The zero-order valence-corrected chi connectivity index (χ0v) is 11.6. The normalized spacial score (nSPS) is 17.5. The van der Waals surface area contributed by atoms with Crippen LogP contribution in [0.15, 0.2) is 18.3 Å². The lowest BCUT2D eigenvalue weighted by atomic mass is 10.4. The third-order valence-electron chi connectivity index (χ3n) is 2.99. The molecule has 0 bridgehead atoms. The second-order valence-electron chi connectivity index (χ2n) is 4.45. The second-order valence-corrected chi connectivity index (χ2v) is 6.37. The van der Waals surface area contributed by atoms with Crippen molar-refractivity contribution in [2.75, 3.05) is 38.5 Å². The van der Waals surface area contributed by atoms with Crippen LogP contribution in [0.2, 0.25) is 0 Å². The molecule has 2 rings (SSSR count). The number of sulfonamides is 1. The van der Waals surface area contributed by atoms with Crippen LogP contribution in [0.5, 0.6) is 0 Å². The molecule has 1 aromatic rings. The van der Waals surface area contributed by atoms with E-state index >= 15 is 0 Å². The highest BCUT2D eigenvalue weighted by atomic mass is 32.2. The Bertz CT molecular complexity index is 473. The predicted molar refractivity (Wildman–Crippen MR) is 72.0 cm³/mol. The van der Waals surface area contributed by atoms with Crippen LogP contribution in [0.3, 0.4) is 0 Å². The van der Waals surface area contributed by atoms with Crippen molar-refractivity contribution >= 4 is 10.0 Å². The van der Waals surface area contributed by atoms with E-state index in [4.69, 9.17) is 0 Å². The maximum atomic E-state index is 11.8. The van der Waals surface area contributed by atoms with Gasteiger partial charge < -0.3 is 5.32 Å². The zero-order valence-electron chi connectivity index (χ0n) is 10.7. The van der Waals surface area contributed by atoms with Gasteiger partial charge in [0, 0.05) is 38.9 Å². The maximum absolute atomic E-state index is 11.8. The largest absolute Gasteiger partial charge is 0.314 e. The first-order chi connectivity index (χ1) is 9.16. The molecule has 0 atom stereocenters. The minimum atomic E-state index is -3.26. The Morgan fingerprint density at radius 2 is 2.16 bits per heavy atom. The van der Waals surface area contributed by atoms with Gasteiger partial charge in [-0.25, -0.2) is 13.1 Å². The fourth-order valence-corrected chi connectivity index (χ4v) is 2.88. The molecule has 1 saturated heterocycles. The molecule has 0 spiro atoms. The summed E-state index contributed by atoms with van der Waals surface area (Å²) in [6, 6.07) is 3.48. The van der Waals surface area contributed by atoms with Gasteiger partial charge in [0.05, 0.1) is 18.0 Å². The number of nitrogens with one attached hydrogen (secondary N) is 2. The van der Waals surface area contributed by atoms with Crippen molar-refractivity contribution in [3.8, 4) is 0 Å². The van der Waals surface area contributed by atoms with E-state index < -0.39 is 10.0 Å². The van der Waals surface area contributed by atoms with E-state index in [1.54, 1.807) is 18.3 Å². The smallest absolute Gasteiger partial charge is 0.213 e. The topological polar surface area (TPSA) is 87.2 Å². The van der Waals surface area contributed by atoms with Crippen LogP contribution in [-0.2, 0) is 16.6 Å². The van der Waals surface area contributed by atoms with E-state index in [-0.39, 0.29) is 12.3 Å². The van der Waals surface area contributed by atoms with Gasteiger partial charge in [-0.3, -0.25) is 4.90 Å². The summed E-state index contributed by atoms with van der Waals surface area (Å²) in [5, 5.41) is 10.8. The van der Waals surface area contributed by atoms with Gasteiger partial charge in [-0.05, 0) is 12.1 Å². The summed E-state index contributed by atoms with van der Waals surface area (Å²) in [7, 11) is -3.26. The van der Waals surface area contributed by atoms with E-state index in [2.05, 4.69) is 25.1 Å². The Morgan fingerprint density at radius 3 is 2.84 bits per heavy atom. The van der Waals surface area contributed by atoms with Crippen LogP contribution < -0.4 is 10.0 Å². The molecule has 1 aliphatic rings. The number of aromatic nitrogens is 2. The number of hydrogen-bond donors (Lipinski definition) is 2. The molecule has 2 heterocycles. The van der Waals surface area contributed by atoms with Gasteiger partial charge in [-0.1, -0.05) is 0 Å². The lowest BCUT2D eigenvalue weighted by Crippen LogP contribution is -2.45. The molecule has 0 radical (unpaired) electrons. The van der Waals surface area contributed by atoms with Crippen molar-refractivity contribution in [1.82, 2.24) is 25.1 Å². The van der Waals surface area contributed by atoms with Crippen molar-refractivity contribution in [3.05, 3.63) is 24.0 Å². The molecule has 1 aliphatic heterocycles. The van der Waals surface area contributed by atoms with Crippen LogP contribution in [0.4, 0.5) is 0 Å². The van der Waals surface area contributed by atoms with Gasteiger partial charge >= 0.3 is 0 Å². The van der Waals surface area contributed by atoms with Gasteiger partial charge in [0.25, 0.3) is 0 Å². The molecule has 7 nitrogen and oxygen atoms in total. The van der Waals surface area contributed by atoms with E-state index in [0.29, 0.717) is 12.2 Å². The molecule has 1 fully saturated rings. The average molecular weight is 285 g/mol. The summed E-state index contributed by atoms with van der Waals surface area (Å²) >= 11 is 0. The molecule has 0 saturated carbocycles. The summed E-state index contributed by atoms with van der Waals surface area (Å²) in [6.45, 7) is 4.41. The monoisotopic (exact) mass is 285 g/mol. The second kappa shape index (κ2) is 6.90. The van der Waals surface area contributed by atoms with Crippen LogP contribution in [-0.4, -0.2) is 62.0 Å². The zero-order chi connectivity index (χ0) is 13.6. The van der Waals surface area contributed by atoms with Crippen molar-refractivity contribution in [1.29, 1.82) is 0 Å². The molecule has 0 aromatic carbocycles. The summed E-state index contributed by atoms with van der Waals surface area (Å²) in [5.74, 6) is 0.118.